The van der Waals surface area contributed by atoms with Crippen molar-refractivity contribution in [2.45, 2.75) is 4.90 Å². The van der Waals surface area contributed by atoms with Gasteiger partial charge in [0.25, 0.3) is 10.0 Å². The van der Waals surface area contributed by atoms with Crippen molar-refractivity contribution in [1.82, 2.24) is 0 Å². The summed E-state index contributed by atoms with van der Waals surface area (Å²) in [5, 5.41) is 19.4. The predicted octanol–water partition coefficient (Wildman–Crippen LogP) is 2.12. The van der Waals surface area contributed by atoms with Gasteiger partial charge >= 0.3 is 5.97 Å². The van der Waals surface area contributed by atoms with E-state index in [-0.39, 0.29) is 21.0 Å². The maximum absolute atomic E-state index is 12.1. The van der Waals surface area contributed by atoms with Crippen molar-refractivity contribution in [3.63, 3.8) is 0 Å². The number of nitrogens with one attached hydrogen (secondary N) is 1. The number of nitrogens with zero attached hydrogens (tertiary/aromatic N) is 1. The molecule has 0 atom stereocenters. The minimum atomic E-state index is -3.84. The van der Waals surface area contributed by atoms with Gasteiger partial charge in [0.1, 0.15) is 11.1 Å². The lowest BCUT2D eigenvalue weighted by Gasteiger charge is -2.06. The van der Waals surface area contributed by atoms with Gasteiger partial charge in [0.2, 0.25) is 0 Å². The SMILES string of the molecule is N#Cc1ccsc1NS(=O)(=O)c1ccc(C(=O)O)cc1. The van der Waals surface area contributed by atoms with E-state index in [1.54, 1.807) is 5.38 Å². The van der Waals surface area contributed by atoms with Crippen LogP contribution in [0.4, 0.5) is 5.00 Å². The van der Waals surface area contributed by atoms with Crippen LogP contribution >= 0.6 is 11.3 Å². The summed E-state index contributed by atoms with van der Waals surface area (Å²) >= 11 is 1.10. The average Bonchev–Trinajstić information content (AvgIpc) is 2.85. The third kappa shape index (κ3) is 2.79. The number of nitriles is 1. The first-order chi connectivity index (χ1) is 9.44. The van der Waals surface area contributed by atoms with Crippen LogP contribution in [-0.2, 0) is 10.0 Å². The molecule has 2 aromatic rings. The molecule has 0 saturated carbocycles. The van der Waals surface area contributed by atoms with E-state index in [4.69, 9.17) is 10.4 Å². The highest BCUT2D eigenvalue weighted by atomic mass is 32.2. The Morgan fingerprint density at radius 2 is 1.90 bits per heavy atom. The molecule has 0 spiro atoms. The molecule has 0 saturated heterocycles. The van der Waals surface area contributed by atoms with Crippen molar-refractivity contribution in [2.75, 3.05) is 4.72 Å². The fraction of sp³-hybridized carbons (Fsp3) is 0. The maximum Gasteiger partial charge on any atom is 0.335 e. The molecule has 0 bridgehead atoms. The molecule has 1 heterocycles. The number of carboxylic acids is 1. The Hall–Kier alpha value is -2.37. The highest BCUT2D eigenvalue weighted by Crippen LogP contribution is 2.25. The molecule has 6 nitrogen and oxygen atoms in total. The Morgan fingerprint density at radius 1 is 1.25 bits per heavy atom. The van der Waals surface area contributed by atoms with Crippen molar-refractivity contribution < 1.29 is 18.3 Å². The molecule has 2 N–H and O–H groups in total. The van der Waals surface area contributed by atoms with Gasteiger partial charge in [-0.05, 0) is 35.7 Å². The lowest BCUT2D eigenvalue weighted by atomic mass is 10.2. The molecule has 1 aromatic heterocycles. The number of anilines is 1. The van der Waals surface area contributed by atoms with Crippen LogP contribution in [0.25, 0.3) is 0 Å². The first-order valence-corrected chi connectivity index (χ1v) is 7.64. The lowest BCUT2D eigenvalue weighted by molar-refractivity contribution is 0.0697. The van der Waals surface area contributed by atoms with Crippen LogP contribution in [0.3, 0.4) is 0 Å². The molecule has 8 heteroatoms. The van der Waals surface area contributed by atoms with E-state index in [9.17, 15) is 13.2 Å². The fourth-order valence-electron chi connectivity index (χ4n) is 1.43. The summed E-state index contributed by atoms with van der Waals surface area (Å²) in [6, 6.07) is 8.20. The molecule has 0 unspecified atom stereocenters. The van der Waals surface area contributed by atoms with Crippen molar-refractivity contribution in [1.29, 1.82) is 5.26 Å². The number of sulfonamides is 1. The fourth-order valence-corrected chi connectivity index (χ4v) is 3.50. The van der Waals surface area contributed by atoms with Crippen LogP contribution in [0.2, 0.25) is 0 Å². The average molecular weight is 308 g/mol. The van der Waals surface area contributed by atoms with Gasteiger partial charge in [0, 0.05) is 0 Å². The minimum Gasteiger partial charge on any atom is -0.478 e. The third-order valence-electron chi connectivity index (χ3n) is 2.42. The molecule has 0 radical (unpaired) electrons. The van der Waals surface area contributed by atoms with Gasteiger partial charge in [-0.2, -0.15) is 5.26 Å². The van der Waals surface area contributed by atoms with Gasteiger partial charge in [-0.25, -0.2) is 13.2 Å². The summed E-state index contributed by atoms with van der Waals surface area (Å²) in [4.78, 5) is 10.6. The van der Waals surface area contributed by atoms with Crippen LogP contribution in [-0.4, -0.2) is 19.5 Å². The summed E-state index contributed by atoms with van der Waals surface area (Å²) in [5.74, 6) is -1.13. The van der Waals surface area contributed by atoms with E-state index in [1.165, 1.54) is 30.3 Å². The smallest absolute Gasteiger partial charge is 0.335 e. The second-order valence-corrected chi connectivity index (χ2v) is 6.31. The molecule has 2 rings (SSSR count). The van der Waals surface area contributed by atoms with Gasteiger partial charge in [0.05, 0.1) is 16.0 Å². The molecular formula is C12H8N2O4S2. The van der Waals surface area contributed by atoms with E-state index in [2.05, 4.69) is 4.72 Å². The Balaban J connectivity index is 2.31. The van der Waals surface area contributed by atoms with Crippen LogP contribution in [0.5, 0.6) is 0 Å². The molecule has 0 aliphatic heterocycles. The van der Waals surface area contributed by atoms with Crippen molar-refractivity contribution in [3.05, 3.63) is 46.8 Å². The van der Waals surface area contributed by atoms with Crippen molar-refractivity contribution in [2.24, 2.45) is 0 Å². The second-order valence-electron chi connectivity index (χ2n) is 3.71. The lowest BCUT2D eigenvalue weighted by Crippen LogP contribution is -2.13. The number of hydrogen-bond donors (Lipinski definition) is 2. The summed E-state index contributed by atoms with van der Waals surface area (Å²) in [7, 11) is -3.84. The Labute approximate surface area is 119 Å². The number of benzene rings is 1. The number of carbonyl (C=O) groups is 1. The summed E-state index contributed by atoms with van der Waals surface area (Å²) in [5.41, 5.74) is 0.235. The van der Waals surface area contributed by atoms with Crippen molar-refractivity contribution in [3.8, 4) is 6.07 Å². The Kier molecular flexibility index (Phi) is 3.74. The number of rotatable bonds is 4. The van der Waals surface area contributed by atoms with E-state index in [1.807, 2.05) is 6.07 Å². The second kappa shape index (κ2) is 5.32. The monoisotopic (exact) mass is 308 g/mol. The maximum atomic E-state index is 12.1. The summed E-state index contributed by atoms with van der Waals surface area (Å²) in [6.45, 7) is 0. The predicted molar refractivity (Wildman–Crippen MR) is 73.2 cm³/mol. The zero-order valence-electron chi connectivity index (χ0n) is 9.90. The Morgan fingerprint density at radius 3 is 2.45 bits per heavy atom. The van der Waals surface area contributed by atoms with Gasteiger partial charge in [-0.3, -0.25) is 4.72 Å². The molecule has 0 fully saturated rings. The van der Waals surface area contributed by atoms with E-state index >= 15 is 0 Å². The van der Waals surface area contributed by atoms with E-state index in [0.29, 0.717) is 0 Å². The molecule has 1 aromatic carbocycles. The number of aromatic carboxylic acids is 1. The topological polar surface area (TPSA) is 107 Å². The van der Waals surface area contributed by atoms with Crippen molar-refractivity contribution >= 4 is 32.3 Å². The zero-order chi connectivity index (χ0) is 14.8. The van der Waals surface area contributed by atoms with E-state index in [0.717, 1.165) is 11.3 Å². The van der Waals surface area contributed by atoms with Gasteiger partial charge < -0.3 is 5.11 Å². The van der Waals surface area contributed by atoms with Crippen LogP contribution in [0, 0.1) is 11.3 Å². The van der Waals surface area contributed by atoms with Gasteiger partial charge in [-0.15, -0.1) is 11.3 Å². The number of hydrogen-bond acceptors (Lipinski definition) is 5. The van der Waals surface area contributed by atoms with Crippen LogP contribution in [0.15, 0.2) is 40.6 Å². The zero-order valence-corrected chi connectivity index (χ0v) is 11.5. The minimum absolute atomic E-state index is 0.00205. The summed E-state index contributed by atoms with van der Waals surface area (Å²) in [6.07, 6.45) is 0. The first kappa shape index (κ1) is 14.0. The van der Waals surface area contributed by atoms with E-state index < -0.39 is 16.0 Å². The molecule has 0 amide bonds. The normalized spacial score (nSPS) is 10.8. The molecule has 0 aliphatic rings. The molecular weight excluding hydrogens is 300 g/mol. The molecule has 102 valence electrons. The van der Waals surface area contributed by atoms with Gasteiger partial charge in [0.15, 0.2) is 0 Å². The van der Waals surface area contributed by atoms with Crippen LogP contribution in [0.1, 0.15) is 15.9 Å². The van der Waals surface area contributed by atoms with Gasteiger partial charge in [-0.1, -0.05) is 0 Å². The largest absolute Gasteiger partial charge is 0.478 e. The standard InChI is InChI=1S/C12H8N2O4S2/c13-7-9-5-6-19-11(9)14-20(17,18)10-3-1-8(2-4-10)12(15)16/h1-6,14H,(H,15,16). The highest BCUT2D eigenvalue weighted by Gasteiger charge is 2.17. The quantitative estimate of drug-likeness (QED) is 0.899. The number of thiophene rings is 1. The molecule has 20 heavy (non-hydrogen) atoms. The van der Waals surface area contributed by atoms with Crippen LogP contribution < -0.4 is 4.72 Å². The number of carboxylic acid groups (broad SMARTS) is 1. The molecule has 0 aliphatic carbocycles. The highest BCUT2D eigenvalue weighted by molar-refractivity contribution is 7.93. The third-order valence-corrected chi connectivity index (χ3v) is 4.75. The Bertz CT molecular complexity index is 786. The summed E-state index contributed by atoms with van der Waals surface area (Å²) < 4.78 is 26.5. The first-order valence-electron chi connectivity index (χ1n) is 5.28.